The molecule has 0 heterocycles. The number of carbonyl (C=O) groups excluding carboxylic acids is 1. The number of nitrogens with zero attached hydrogens (tertiary/aromatic N) is 1. The summed E-state index contributed by atoms with van der Waals surface area (Å²) in [6.07, 6.45) is 6.72. The molecule has 0 bridgehead atoms. The van der Waals surface area contributed by atoms with Crippen LogP contribution in [0.1, 0.15) is 45.4 Å². The molecule has 0 aromatic heterocycles. The molecule has 2 atom stereocenters. The van der Waals surface area contributed by atoms with Gasteiger partial charge in [0.1, 0.15) is 0 Å². The maximum atomic E-state index is 12.1. The number of hydrogen-bond donors (Lipinski definition) is 1. The van der Waals surface area contributed by atoms with E-state index in [1.165, 1.54) is 12.8 Å². The number of nitrogens with two attached hydrogens (primary N) is 1. The second-order valence-electron chi connectivity index (χ2n) is 5.07. The van der Waals surface area contributed by atoms with Crippen LogP contribution in [-0.4, -0.2) is 30.9 Å². The molecule has 1 rings (SSSR count). The molecule has 0 aromatic rings. The van der Waals surface area contributed by atoms with Crippen LogP contribution in [0, 0.1) is 11.8 Å². The van der Waals surface area contributed by atoms with Crippen LogP contribution in [0.4, 0.5) is 0 Å². The van der Waals surface area contributed by atoms with Crippen molar-refractivity contribution in [1.29, 1.82) is 0 Å². The molecule has 0 radical (unpaired) electrons. The van der Waals surface area contributed by atoms with Crippen molar-refractivity contribution in [3.05, 3.63) is 0 Å². The second-order valence-corrected chi connectivity index (χ2v) is 5.07. The van der Waals surface area contributed by atoms with Crippen LogP contribution in [0.3, 0.4) is 0 Å². The Bertz CT molecular complexity index is 216. The highest BCUT2D eigenvalue weighted by Crippen LogP contribution is 2.31. The molecule has 3 heteroatoms. The fourth-order valence-corrected chi connectivity index (χ4v) is 2.77. The monoisotopic (exact) mass is 226 g/mol. The first-order valence-electron chi connectivity index (χ1n) is 6.64. The minimum atomic E-state index is 0.266. The number of rotatable bonds is 5. The topological polar surface area (TPSA) is 46.3 Å². The Morgan fingerprint density at radius 1 is 1.44 bits per heavy atom. The Kier molecular flexibility index (Phi) is 5.81. The lowest BCUT2D eigenvalue weighted by atomic mass is 9.79. The van der Waals surface area contributed by atoms with E-state index in [4.69, 9.17) is 5.73 Å². The van der Waals surface area contributed by atoms with Crippen LogP contribution in [0.2, 0.25) is 0 Å². The van der Waals surface area contributed by atoms with Gasteiger partial charge in [-0.05, 0) is 38.1 Å². The highest BCUT2D eigenvalue weighted by molar-refractivity contribution is 5.78. The summed E-state index contributed by atoms with van der Waals surface area (Å²) in [4.78, 5) is 14.0. The van der Waals surface area contributed by atoms with E-state index in [1.807, 2.05) is 11.9 Å². The third-order valence-corrected chi connectivity index (χ3v) is 3.64. The summed E-state index contributed by atoms with van der Waals surface area (Å²) in [6, 6.07) is 0. The molecule has 0 aliphatic heterocycles. The Balaban J connectivity index is 2.43. The largest absolute Gasteiger partial charge is 0.346 e. The zero-order chi connectivity index (χ0) is 12.0. The van der Waals surface area contributed by atoms with Gasteiger partial charge in [-0.25, -0.2) is 0 Å². The molecule has 1 saturated carbocycles. The van der Waals surface area contributed by atoms with Crippen molar-refractivity contribution >= 4 is 5.91 Å². The van der Waals surface area contributed by atoms with Crippen molar-refractivity contribution in [3.8, 4) is 0 Å². The molecule has 1 aliphatic rings. The van der Waals surface area contributed by atoms with E-state index in [-0.39, 0.29) is 5.92 Å². The van der Waals surface area contributed by atoms with Crippen LogP contribution < -0.4 is 5.73 Å². The Hall–Kier alpha value is -0.570. The Labute approximate surface area is 99.4 Å². The fourth-order valence-electron chi connectivity index (χ4n) is 2.77. The van der Waals surface area contributed by atoms with Gasteiger partial charge in [-0.15, -0.1) is 0 Å². The molecule has 0 saturated heterocycles. The van der Waals surface area contributed by atoms with Crippen LogP contribution in [0.25, 0.3) is 0 Å². The highest BCUT2D eigenvalue weighted by Gasteiger charge is 2.28. The van der Waals surface area contributed by atoms with Crippen molar-refractivity contribution < 1.29 is 4.79 Å². The van der Waals surface area contributed by atoms with Crippen molar-refractivity contribution in [2.45, 2.75) is 45.4 Å². The van der Waals surface area contributed by atoms with Gasteiger partial charge in [0, 0.05) is 19.5 Å². The second kappa shape index (κ2) is 6.89. The third-order valence-electron chi connectivity index (χ3n) is 3.64. The van der Waals surface area contributed by atoms with E-state index in [0.29, 0.717) is 11.8 Å². The zero-order valence-electron chi connectivity index (χ0n) is 10.7. The third kappa shape index (κ3) is 3.78. The lowest BCUT2D eigenvalue weighted by molar-refractivity contribution is -0.135. The van der Waals surface area contributed by atoms with E-state index in [1.54, 1.807) is 0 Å². The van der Waals surface area contributed by atoms with Crippen LogP contribution >= 0.6 is 0 Å². The van der Waals surface area contributed by atoms with Gasteiger partial charge in [-0.3, -0.25) is 4.79 Å². The van der Waals surface area contributed by atoms with Gasteiger partial charge in [-0.1, -0.05) is 19.8 Å². The average Bonchev–Trinajstić information content (AvgIpc) is 2.29. The predicted molar refractivity (Wildman–Crippen MR) is 67.0 cm³/mol. The van der Waals surface area contributed by atoms with Gasteiger partial charge in [0.2, 0.25) is 5.91 Å². The van der Waals surface area contributed by atoms with Crippen molar-refractivity contribution in [1.82, 2.24) is 4.90 Å². The number of hydrogen-bond acceptors (Lipinski definition) is 2. The van der Waals surface area contributed by atoms with Gasteiger partial charge in [-0.2, -0.15) is 0 Å². The highest BCUT2D eigenvalue weighted by atomic mass is 16.2. The van der Waals surface area contributed by atoms with Gasteiger partial charge >= 0.3 is 0 Å². The first-order valence-corrected chi connectivity index (χ1v) is 6.64. The normalized spacial score (nSPS) is 25.4. The molecule has 2 unspecified atom stereocenters. The van der Waals surface area contributed by atoms with Crippen LogP contribution in [0.5, 0.6) is 0 Å². The molecule has 0 aromatic carbocycles. The SMILES string of the molecule is CCCN(C)C(=O)C1CCCC(CCN)C1. The minimum absolute atomic E-state index is 0.266. The number of amides is 1. The lowest BCUT2D eigenvalue weighted by Gasteiger charge is -2.31. The van der Waals surface area contributed by atoms with Gasteiger partial charge in [0.25, 0.3) is 0 Å². The van der Waals surface area contributed by atoms with Gasteiger partial charge in [0.15, 0.2) is 0 Å². The quantitative estimate of drug-likeness (QED) is 0.779. The van der Waals surface area contributed by atoms with Crippen molar-refractivity contribution in [2.24, 2.45) is 17.6 Å². The standard InChI is InChI=1S/C13H26N2O/c1-3-9-15(2)13(16)12-6-4-5-11(10-12)7-8-14/h11-12H,3-10,14H2,1-2H3. The van der Waals surface area contributed by atoms with Crippen LogP contribution in [0.15, 0.2) is 0 Å². The molecule has 1 amide bonds. The van der Waals surface area contributed by atoms with E-state index in [0.717, 1.165) is 38.8 Å². The van der Waals surface area contributed by atoms with Crippen molar-refractivity contribution in [2.75, 3.05) is 20.1 Å². The van der Waals surface area contributed by atoms with E-state index < -0.39 is 0 Å². The predicted octanol–water partition coefficient (Wildman–Crippen LogP) is 2.01. The van der Waals surface area contributed by atoms with Gasteiger partial charge < -0.3 is 10.6 Å². The van der Waals surface area contributed by atoms with E-state index in [2.05, 4.69) is 6.92 Å². The first-order chi connectivity index (χ1) is 7.69. The Morgan fingerprint density at radius 3 is 2.81 bits per heavy atom. The van der Waals surface area contributed by atoms with Crippen LogP contribution in [-0.2, 0) is 4.79 Å². The Morgan fingerprint density at radius 2 is 2.19 bits per heavy atom. The zero-order valence-corrected chi connectivity index (χ0v) is 10.7. The molecule has 16 heavy (non-hydrogen) atoms. The summed E-state index contributed by atoms with van der Waals surface area (Å²) in [5.74, 6) is 1.30. The molecule has 1 aliphatic carbocycles. The number of carbonyl (C=O) groups is 1. The smallest absolute Gasteiger partial charge is 0.225 e. The maximum absolute atomic E-state index is 12.1. The molecule has 3 nitrogen and oxygen atoms in total. The van der Waals surface area contributed by atoms with Gasteiger partial charge in [0.05, 0.1) is 0 Å². The molecule has 94 valence electrons. The minimum Gasteiger partial charge on any atom is -0.346 e. The average molecular weight is 226 g/mol. The molecule has 2 N–H and O–H groups in total. The van der Waals surface area contributed by atoms with E-state index in [9.17, 15) is 4.79 Å². The molecular formula is C13H26N2O. The summed E-state index contributed by atoms with van der Waals surface area (Å²) in [5, 5.41) is 0. The first kappa shape index (κ1) is 13.5. The summed E-state index contributed by atoms with van der Waals surface area (Å²) in [6.45, 7) is 3.76. The summed E-state index contributed by atoms with van der Waals surface area (Å²) >= 11 is 0. The maximum Gasteiger partial charge on any atom is 0.225 e. The summed E-state index contributed by atoms with van der Waals surface area (Å²) in [7, 11) is 1.93. The lowest BCUT2D eigenvalue weighted by Crippen LogP contribution is -2.36. The fraction of sp³-hybridized carbons (Fsp3) is 0.923. The van der Waals surface area contributed by atoms with E-state index >= 15 is 0 Å². The summed E-state index contributed by atoms with van der Waals surface area (Å²) < 4.78 is 0. The summed E-state index contributed by atoms with van der Waals surface area (Å²) in [5.41, 5.74) is 5.59. The molecule has 0 spiro atoms. The molecule has 1 fully saturated rings. The van der Waals surface area contributed by atoms with Crippen molar-refractivity contribution in [3.63, 3.8) is 0 Å². The molecular weight excluding hydrogens is 200 g/mol.